The molecule has 2 rings (SSSR count). The highest BCUT2D eigenvalue weighted by atomic mass is 19.4. The van der Waals surface area contributed by atoms with Gasteiger partial charge in [0.05, 0.1) is 12.7 Å². The van der Waals surface area contributed by atoms with Gasteiger partial charge in [0.25, 0.3) is 11.8 Å². The number of hydrogen-bond acceptors (Lipinski definition) is 5. The van der Waals surface area contributed by atoms with Gasteiger partial charge >= 0.3 is 24.2 Å². The molecule has 0 aliphatic heterocycles. The van der Waals surface area contributed by atoms with E-state index in [-0.39, 0.29) is 15.8 Å². The maximum Gasteiger partial charge on any atom is 0.459 e. The normalized spacial score (nSPS) is 12.3. The van der Waals surface area contributed by atoms with Gasteiger partial charge in [-0.05, 0) is 18.2 Å². The molecule has 0 atom stereocenters. The highest BCUT2D eigenvalue weighted by Crippen LogP contribution is 2.48. The van der Waals surface area contributed by atoms with Gasteiger partial charge in [-0.3, -0.25) is 25.1 Å². The molecule has 1 aromatic heterocycles. The molecule has 0 saturated heterocycles. The first-order valence-electron chi connectivity index (χ1n) is 8.40. The number of nitrogens with one attached hydrogen (secondary N) is 2. The molecule has 0 spiro atoms. The third-order valence-electron chi connectivity index (χ3n) is 4.03. The van der Waals surface area contributed by atoms with Crippen molar-refractivity contribution in [3.05, 3.63) is 52.3 Å². The Kier molecular flexibility index (Phi) is 6.71. The van der Waals surface area contributed by atoms with Crippen LogP contribution in [-0.4, -0.2) is 40.9 Å². The van der Waals surface area contributed by atoms with Gasteiger partial charge in [-0.1, -0.05) is 6.07 Å². The van der Waals surface area contributed by atoms with Crippen LogP contribution in [0.1, 0.15) is 42.5 Å². The van der Waals surface area contributed by atoms with E-state index < -0.39 is 53.0 Å². The number of esters is 1. The van der Waals surface area contributed by atoms with Crippen LogP contribution in [0, 0.1) is 0 Å². The van der Waals surface area contributed by atoms with E-state index in [0.29, 0.717) is 7.05 Å². The van der Waals surface area contributed by atoms with Crippen molar-refractivity contribution in [3.8, 4) is 0 Å². The third kappa shape index (κ3) is 5.04. The van der Waals surface area contributed by atoms with Gasteiger partial charge in [-0.25, -0.2) is 4.79 Å². The first-order chi connectivity index (χ1) is 15.0. The lowest BCUT2D eigenvalue weighted by atomic mass is 10.1. The molecular weight excluding hydrogens is 476 g/mol. The number of ether oxygens (including phenoxy) is 1. The number of methoxy groups -OCH3 is 1. The largest absolute Gasteiger partial charge is 0.465 e. The van der Waals surface area contributed by atoms with Gasteiger partial charge in [0.2, 0.25) is 0 Å². The summed E-state index contributed by atoms with van der Waals surface area (Å²) in [6.07, 6.45) is -12.3. The molecule has 1 heterocycles. The monoisotopic (exact) mass is 488 g/mol. The van der Waals surface area contributed by atoms with Gasteiger partial charge in [0.1, 0.15) is 11.3 Å². The maximum absolute atomic E-state index is 13.6. The fourth-order valence-corrected chi connectivity index (χ4v) is 2.56. The molecule has 2 amide bonds. The summed E-state index contributed by atoms with van der Waals surface area (Å²) in [5.41, 5.74) is -4.32. The standard InChI is InChI=1S/C17H12F8N4O4/c1-29-10(9(16(20,21)22)11(28-29)15(18,19)17(23,24)25)13(31)27-26-12(30)7-4-3-5-8(6-7)14(32)33-2/h3-6H,1-2H3,(H,26,30)(H,27,31). The molecule has 0 saturated carbocycles. The molecule has 0 fully saturated rings. The summed E-state index contributed by atoms with van der Waals surface area (Å²) in [5.74, 6) is -9.92. The van der Waals surface area contributed by atoms with Crippen molar-refractivity contribution < 1.29 is 54.2 Å². The van der Waals surface area contributed by atoms with Gasteiger partial charge in [-0.2, -0.15) is 40.2 Å². The molecule has 180 valence electrons. The summed E-state index contributed by atoms with van der Waals surface area (Å²) in [7, 11) is 1.58. The Hall–Kier alpha value is -3.72. The van der Waals surface area contributed by atoms with Crippen LogP contribution in [0.2, 0.25) is 0 Å². The quantitative estimate of drug-likeness (QED) is 0.392. The second-order valence-electron chi connectivity index (χ2n) is 6.25. The van der Waals surface area contributed by atoms with E-state index >= 15 is 0 Å². The summed E-state index contributed by atoms with van der Waals surface area (Å²) in [6.45, 7) is 0. The van der Waals surface area contributed by atoms with Crippen LogP contribution in [0.15, 0.2) is 24.3 Å². The zero-order valence-electron chi connectivity index (χ0n) is 16.4. The Morgan fingerprint density at radius 3 is 2.00 bits per heavy atom. The Morgan fingerprint density at radius 2 is 1.48 bits per heavy atom. The first kappa shape index (κ1) is 25.5. The number of hydrazine groups is 1. The predicted octanol–water partition coefficient (Wildman–Crippen LogP) is 2.95. The van der Waals surface area contributed by atoms with Crippen LogP contribution in [0.5, 0.6) is 0 Å². The van der Waals surface area contributed by atoms with Crippen LogP contribution < -0.4 is 10.9 Å². The summed E-state index contributed by atoms with van der Waals surface area (Å²) in [5, 5.41) is 2.56. The number of hydrogen-bond donors (Lipinski definition) is 2. The summed E-state index contributed by atoms with van der Waals surface area (Å²) in [4.78, 5) is 35.8. The van der Waals surface area contributed by atoms with Crippen LogP contribution in [0.3, 0.4) is 0 Å². The van der Waals surface area contributed by atoms with Crippen molar-refractivity contribution in [2.45, 2.75) is 18.3 Å². The van der Waals surface area contributed by atoms with Crippen molar-refractivity contribution in [3.63, 3.8) is 0 Å². The lowest BCUT2D eigenvalue weighted by Gasteiger charge is -2.19. The molecule has 0 aliphatic rings. The third-order valence-corrected chi connectivity index (χ3v) is 4.03. The number of amides is 2. The van der Waals surface area contributed by atoms with E-state index in [2.05, 4.69) is 9.84 Å². The molecule has 2 N–H and O–H groups in total. The van der Waals surface area contributed by atoms with Crippen LogP contribution in [-0.2, 0) is 23.9 Å². The zero-order chi connectivity index (χ0) is 25.4. The van der Waals surface area contributed by atoms with Gasteiger partial charge in [0.15, 0.2) is 5.69 Å². The fraction of sp³-hybridized carbons (Fsp3) is 0.294. The van der Waals surface area contributed by atoms with Crippen molar-refractivity contribution in [2.24, 2.45) is 7.05 Å². The number of benzene rings is 1. The number of carbonyl (C=O) groups is 3. The minimum atomic E-state index is -6.44. The van der Waals surface area contributed by atoms with Gasteiger partial charge in [0, 0.05) is 12.6 Å². The van der Waals surface area contributed by atoms with Crippen LogP contribution >= 0.6 is 0 Å². The Labute approximate surface area is 178 Å². The molecular formula is C17H12F8N4O4. The minimum absolute atomic E-state index is 0.0958. The number of aromatic nitrogens is 2. The number of alkyl halides is 8. The zero-order valence-corrected chi connectivity index (χ0v) is 16.4. The average Bonchev–Trinajstić information content (AvgIpc) is 3.08. The highest BCUT2D eigenvalue weighted by molar-refractivity contribution is 6.00. The SMILES string of the molecule is COC(=O)c1cccc(C(=O)NNC(=O)c2c(C(F)(F)F)c(C(F)(F)C(F)(F)F)nn2C)c1. The predicted molar refractivity (Wildman–Crippen MR) is 90.9 cm³/mol. The molecule has 0 bridgehead atoms. The van der Waals surface area contributed by atoms with E-state index in [0.717, 1.165) is 19.2 Å². The lowest BCUT2D eigenvalue weighted by molar-refractivity contribution is -0.292. The topological polar surface area (TPSA) is 102 Å². The van der Waals surface area contributed by atoms with E-state index in [1.807, 2.05) is 0 Å². The van der Waals surface area contributed by atoms with E-state index in [1.54, 1.807) is 5.43 Å². The lowest BCUT2D eigenvalue weighted by Crippen LogP contribution is -2.43. The Morgan fingerprint density at radius 1 is 0.939 bits per heavy atom. The molecule has 33 heavy (non-hydrogen) atoms. The summed E-state index contributed by atoms with van der Waals surface area (Å²) in [6, 6.07) is 4.63. The maximum atomic E-state index is 13.6. The number of nitrogens with zero attached hydrogens (tertiary/aromatic N) is 2. The second-order valence-corrected chi connectivity index (χ2v) is 6.25. The van der Waals surface area contributed by atoms with Crippen molar-refractivity contribution in [1.29, 1.82) is 0 Å². The summed E-state index contributed by atoms with van der Waals surface area (Å²) < 4.78 is 110. The van der Waals surface area contributed by atoms with E-state index in [9.17, 15) is 49.5 Å². The Bertz CT molecular complexity index is 1090. The van der Waals surface area contributed by atoms with Crippen LogP contribution in [0.4, 0.5) is 35.1 Å². The van der Waals surface area contributed by atoms with Crippen molar-refractivity contribution in [2.75, 3.05) is 7.11 Å². The number of aryl methyl sites for hydroxylation is 1. The van der Waals surface area contributed by atoms with E-state index in [1.165, 1.54) is 17.6 Å². The molecule has 8 nitrogen and oxygen atoms in total. The number of rotatable bonds is 4. The second kappa shape index (κ2) is 8.67. The smallest absolute Gasteiger partial charge is 0.459 e. The molecule has 0 unspecified atom stereocenters. The molecule has 0 radical (unpaired) electrons. The molecule has 16 heteroatoms. The number of halogens is 8. The highest BCUT2D eigenvalue weighted by Gasteiger charge is 2.64. The van der Waals surface area contributed by atoms with Crippen LogP contribution in [0.25, 0.3) is 0 Å². The number of carbonyl (C=O) groups excluding carboxylic acids is 3. The van der Waals surface area contributed by atoms with Gasteiger partial charge in [-0.15, -0.1) is 0 Å². The van der Waals surface area contributed by atoms with E-state index in [4.69, 9.17) is 0 Å². The van der Waals surface area contributed by atoms with Crippen molar-refractivity contribution >= 4 is 17.8 Å². The fourth-order valence-electron chi connectivity index (χ4n) is 2.56. The first-order valence-corrected chi connectivity index (χ1v) is 8.40. The average molecular weight is 488 g/mol. The minimum Gasteiger partial charge on any atom is -0.465 e. The molecule has 2 aromatic rings. The Balaban J connectivity index is 2.37. The van der Waals surface area contributed by atoms with Crippen molar-refractivity contribution in [1.82, 2.24) is 20.6 Å². The molecule has 0 aliphatic carbocycles. The molecule has 1 aromatic carbocycles. The summed E-state index contributed by atoms with van der Waals surface area (Å²) >= 11 is 0. The van der Waals surface area contributed by atoms with Gasteiger partial charge < -0.3 is 4.74 Å².